The molecule has 6 nitrogen and oxygen atoms in total. The summed E-state index contributed by atoms with van der Waals surface area (Å²) in [6.45, 7) is 0.802. The smallest absolute Gasteiger partial charge is 0.233 e. The van der Waals surface area contributed by atoms with Gasteiger partial charge in [0.15, 0.2) is 5.16 Å². The van der Waals surface area contributed by atoms with Crippen molar-refractivity contribution in [2.75, 3.05) is 12.3 Å². The standard InChI is InChI=1S/C21H24ClN5OS/c1-25-11-6-10-18(25)19-9-3-2-4-12-26(19)20(28)14-29-21-24-23-15-27(21)17-8-5-7-16(22)13-17/h5-8,10-11,13,15,19H,2-4,9,12,14H2,1H3. The van der Waals surface area contributed by atoms with Crippen LogP contribution in [0.1, 0.15) is 37.4 Å². The minimum absolute atomic E-state index is 0.136. The van der Waals surface area contributed by atoms with Gasteiger partial charge in [-0.15, -0.1) is 10.2 Å². The molecule has 1 aromatic carbocycles. The minimum Gasteiger partial charge on any atom is -0.353 e. The number of carbonyl (C=O) groups is 1. The highest BCUT2D eigenvalue weighted by molar-refractivity contribution is 7.99. The molecular weight excluding hydrogens is 406 g/mol. The number of aryl methyl sites for hydroxylation is 1. The van der Waals surface area contributed by atoms with Crippen molar-refractivity contribution >= 4 is 29.3 Å². The molecule has 0 spiro atoms. The van der Waals surface area contributed by atoms with Crippen LogP contribution in [0.5, 0.6) is 0 Å². The summed E-state index contributed by atoms with van der Waals surface area (Å²) in [6.07, 6.45) is 8.07. The highest BCUT2D eigenvalue weighted by Gasteiger charge is 2.28. The molecule has 1 unspecified atom stereocenters. The van der Waals surface area contributed by atoms with E-state index in [4.69, 9.17) is 11.6 Å². The average molecular weight is 430 g/mol. The summed E-state index contributed by atoms with van der Waals surface area (Å²) < 4.78 is 3.99. The van der Waals surface area contributed by atoms with Gasteiger partial charge in [-0.25, -0.2) is 0 Å². The van der Waals surface area contributed by atoms with Gasteiger partial charge in [-0.2, -0.15) is 0 Å². The third-order valence-electron chi connectivity index (χ3n) is 5.33. The summed E-state index contributed by atoms with van der Waals surface area (Å²) >= 11 is 7.53. The van der Waals surface area contributed by atoms with E-state index in [1.165, 1.54) is 23.9 Å². The number of carbonyl (C=O) groups excluding carboxylic acids is 1. The molecule has 0 radical (unpaired) electrons. The number of rotatable bonds is 5. The molecule has 152 valence electrons. The SMILES string of the molecule is Cn1cccc1C1CCCCCN1C(=O)CSc1nncn1-c1cccc(Cl)c1. The molecule has 0 saturated carbocycles. The van der Waals surface area contributed by atoms with E-state index >= 15 is 0 Å². The zero-order chi connectivity index (χ0) is 20.2. The zero-order valence-electron chi connectivity index (χ0n) is 16.4. The fourth-order valence-electron chi connectivity index (χ4n) is 3.87. The van der Waals surface area contributed by atoms with E-state index in [2.05, 4.69) is 25.7 Å². The van der Waals surface area contributed by atoms with Crippen LogP contribution in [0, 0.1) is 0 Å². The van der Waals surface area contributed by atoms with Gasteiger partial charge < -0.3 is 9.47 Å². The lowest BCUT2D eigenvalue weighted by atomic mass is 10.1. The van der Waals surface area contributed by atoms with Gasteiger partial charge in [-0.3, -0.25) is 9.36 Å². The van der Waals surface area contributed by atoms with E-state index in [1.807, 2.05) is 48.1 Å². The highest BCUT2D eigenvalue weighted by Crippen LogP contribution is 2.31. The van der Waals surface area contributed by atoms with Gasteiger partial charge >= 0.3 is 0 Å². The highest BCUT2D eigenvalue weighted by atomic mass is 35.5. The van der Waals surface area contributed by atoms with Crippen molar-refractivity contribution in [3.05, 3.63) is 59.6 Å². The van der Waals surface area contributed by atoms with Crippen molar-refractivity contribution in [3.8, 4) is 5.69 Å². The molecule has 0 N–H and O–H groups in total. The Morgan fingerprint density at radius 2 is 2.14 bits per heavy atom. The minimum atomic E-state index is 0.136. The first kappa shape index (κ1) is 20.0. The molecule has 1 aliphatic heterocycles. The van der Waals surface area contributed by atoms with Gasteiger partial charge in [-0.1, -0.05) is 42.3 Å². The van der Waals surface area contributed by atoms with E-state index in [-0.39, 0.29) is 11.9 Å². The molecule has 1 atom stereocenters. The number of benzene rings is 1. The third-order valence-corrected chi connectivity index (χ3v) is 6.49. The summed E-state index contributed by atoms with van der Waals surface area (Å²) in [7, 11) is 2.05. The molecule has 3 heterocycles. The first-order valence-corrected chi connectivity index (χ1v) is 11.2. The topological polar surface area (TPSA) is 56.0 Å². The van der Waals surface area contributed by atoms with Gasteiger partial charge in [0.05, 0.1) is 17.5 Å². The van der Waals surface area contributed by atoms with E-state index in [9.17, 15) is 4.79 Å². The summed E-state index contributed by atoms with van der Waals surface area (Å²) in [4.78, 5) is 15.2. The lowest BCUT2D eigenvalue weighted by molar-refractivity contribution is -0.130. The molecule has 1 amide bonds. The number of aromatic nitrogens is 4. The fourth-order valence-corrected chi connectivity index (χ4v) is 4.87. The monoisotopic (exact) mass is 429 g/mol. The number of halogens is 1. The lowest BCUT2D eigenvalue weighted by Gasteiger charge is -2.30. The van der Waals surface area contributed by atoms with Gasteiger partial charge in [0.25, 0.3) is 0 Å². The molecule has 3 aromatic rings. The first-order chi connectivity index (χ1) is 14.1. The van der Waals surface area contributed by atoms with Crippen LogP contribution in [-0.2, 0) is 11.8 Å². The molecule has 2 aromatic heterocycles. The quantitative estimate of drug-likeness (QED) is 0.560. The normalized spacial score (nSPS) is 17.3. The maximum atomic E-state index is 13.2. The average Bonchev–Trinajstić information content (AvgIpc) is 3.28. The van der Waals surface area contributed by atoms with Crippen molar-refractivity contribution in [2.24, 2.45) is 7.05 Å². The zero-order valence-corrected chi connectivity index (χ0v) is 17.9. The Bertz CT molecular complexity index is 985. The van der Waals surface area contributed by atoms with Crippen LogP contribution in [0.3, 0.4) is 0 Å². The fraction of sp³-hybridized carbons (Fsp3) is 0.381. The molecular formula is C21H24ClN5OS. The van der Waals surface area contributed by atoms with E-state index < -0.39 is 0 Å². The van der Waals surface area contributed by atoms with Gasteiger partial charge in [0.2, 0.25) is 5.91 Å². The molecule has 0 aliphatic carbocycles. The molecule has 8 heteroatoms. The van der Waals surface area contributed by atoms with Crippen molar-refractivity contribution in [1.82, 2.24) is 24.2 Å². The Labute approximate surface area is 179 Å². The van der Waals surface area contributed by atoms with E-state index in [0.717, 1.165) is 31.5 Å². The second kappa shape index (κ2) is 9.05. The largest absolute Gasteiger partial charge is 0.353 e. The van der Waals surface area contributed by atoms with Gasteiger partial charge in [-0.05, 0) is 43.2 Å². The van der Waals surface area contributed by atoms with Crippen LogP contribution < -0.4 is 0 Å². The Balaban J connectivity index is 1.49. The van der Waals surface area contributed by atoms with E-state index in [1.54, 1.807) is 6.33 Å². The van der Waals surface area contributed by atoms with Crippen molar-refractivity contribution in [1.29, 1.82) is 0 Å². The molecule has 1 fully saturated rings. The maximum Gasteiger partial charge on any atom is 0.233 e. The Morgan fingerprint density at radius 1 is 1.24 bits per heavy atom. The Hall–Kier alpha value is -2.25. The van der Waals surface area contributed by atoms with Crippen molar-refractivity contribution < 1.29 is 4.79 Å². The number of thioether (sulfide) groups is 1. The lowest BCUT2D eigenvalue weighted by Crippen LogP contribution is -2.36. The van der Waals surface area contributed by atoms with Crippen LogP contribution in [0.4, 0.5) is 0 Å². The maximum absolute atomic E-state index is 13.2. The Morgan fingerprint density at radius 3 is 2.93 bits per heavy atom. The van der Waals surface area contributed by atoms with Crippen LogP contribution in [-0.4, -0.2) is 42.4 Å². The van der Waals surface area contributed by atoms with Crippen LogP contribution in [0.2, 0.25) is 5.02 Å². The summed E-state index contributed by atoms with van der Waals surface area (Å²) in [6, 6.07) is 11.8. The summed E-state index contributed by atoms with van der Waals surface area (Å²) in [5, 5.41) is 9.56. The van der Waals surface area contributed by atoms with Crippen LogP contribution in [0.15, 0.2) is 54.1 Å². The van der Waals surface area contributed by atoms with Crippen LogP contribution in [0.25, 0.3) is 5.69 Å². The predicted molar refractivity (Wildman–Crippen MR) is 115 cm³/mol. The molecule has 1 aliphatic rings. The number of likely N-dealkylation sites (tertiary alicyclic amines) is 1. The van der Waals surface area contributed by atoms with Crippen molar-refractivity contribution in [3.63, 3.8) is 0 Å². The number of hydrogen-bond acceptors (Lipinski definition) is 4. The molecule has 0 bridgehead atoms. The molecule has 29 heavy (non-hydrogen) atoms. The third kappa shape index (κ3) is 4.51. The predicted octanol–water partition coefficient (Wildman–Crippen LogP) is 4.50. The number of hydrogen-bond donors (Lipinski definition) is 0. The molecule has 1 saturated heterocycles. The summed E-state index contributed by atoms with van der Waals surface area (Å²) in [5.74, 6) is 0.476. The molecule has 4 rings (SSSR count). The summed E-state index contributed by atoms with van der Waals surface area (Å²) in [5.41, 5.74) is 2.08. The van der Waals surface area contributed by atoms with Crippen LogP contribution >= 0.6 is 23.4 Å². The second-order valence-corrected chi connectivity index (χ2v) is 8.63. The number of amides is 1. The van der Waals surface area contributed by atoms with E-state index in [0.29, 0.717) is 15.9 Å². The van der Waals surface area contributed by atoms with Gasteiger partial charge in [0.1, 0.15) is 6.33 Å². The van der Waals surface area contributed by atoms with Gasteiger partial charge in [0, 0.05) is 30.5 Å². The number of nitrogens with zero attached hydrogens (tertiary/aromatic N) is 5. The first-order valence-electron chi connectivity index (χ1n) is 9.83. The Kier molecular flexibility index (Phi) is 6.25. The van der Waals surface area contributed by atoms with Crippen molar-refractivity contribution in [2.45, 2.75) is 36.9 Å². The second-order valence-electron chi connectivity index (χ2n) is 7.25.